The van der Waals surface area contributed by atoms with E-state index in [1.807, 2.05) is 67.6 Å². The lowest BCUT2D eigenvalue weighted by atomic mass is 10.2. The fourth-order valence-electron chi connectivity index (χ4n) is 3.61. The maximum absolute atomic E-state index is 13.4. The van der Waals surface area contributed by atoms with E-state index in [1.54, 1.807) is 36.4 Å². The summed E-state index contributed by atoms with van der Waals surface area (Å²) < 4.78 is 33.8. The molecule has 0 aliphatic carbocycles. The number of carbonyl (C=O) groups excluding carboxylic acids is 1. The van der Waals surface area contributed by atoms with Crippen LogP contribution in [0.2, 0.25) is 0 Å². The van der Waals surface area contributed by atoms with Crippen molar-refractivity contribution in [2.24, 2.45) is 5.10 Å². The highest BCUT2D eigenvalue weighted by Gasteiger charge is 2.27. The number of amides is 1. The molecule has 37 heavy (non-hydrogen) atoms. The Balaban J connectivity index is 1.48. The largest absolute Gasteiger partial charge is 0.488 e. The molecule has 188 valence electrons. The third-order valence-electron chi connectivity index (χ3n) is 5.46. The summed E-state index contributed by atoms with van der Waals surface area (Å²) in [5, 5.41) is 4.05. The molecule has 7 nitrogen and oxygen atoms in total. The van der Waals surface area contributed by atoms with Gasteiger partial charge in [0.15, 0.2) is 0 Å². The predicted molar refractivity (Wildman–Crippen MR) is 145 cm³/mol. The minimum Gasteiger partial charge on any atom is -0.488 e. The minimum atomic E-state index is -3.98. The van der Waals surface area contributed by atoms with Gasteiger partial charge in [-0.25, -0.2) is 13.8 Å². The van der Waals surface area contributed by atoms with Gasteiger partial charge in [-0.15, -0.1) is 0 Å². The van der Waals surface area contributed by atoms with E-state index in [-0.39, 0.29) is 4.90 Å². The highest BCUT2D eigenvalue weighted by Crippen LogP contribution is 2.24. The summed E-state index contributed by atoms with van der Waals surface area (Å²) in [7, 11) is -3.98. The molecule has 4 aromatic rings. The molecule has 1 N–H and O–H groups in total. The van der Waals surface area contributed by atoms with E-state index in [1.165, 1.54) is 18.3 Å². The molecule has 0 unspecified atom stereocenters. The van der Waals surface area contributed by atoms with Crippen LogP contribution in [0.5, 0.6) is 5.75 Å². The fourth-order valence-corrected chi connectivity index (χ4v) is 5.05. The third-order valence-corrected chi connectivity index (χ3v) is 7.25. The monoisotopic (exact) mass is 513 g/mol. The van der Waals surface area contributed by atoms with Crippen molar-refractivity contribution in [3.05, 3.63) is 126 Å². The van der Waals surface area contributed by atoms with Gasteiger partial charge in [0.25, 0.3) is 15.9 Å². The lowest BCUT2D eigenvalue weighted by Crippen LogP contribution is -2.39. The lowest BCUT2D eigenvalue weighted by Gasteiger charge is -2.24. The number of sulfonamides is 1. The van der Waals surface area contributed by atoms with Crippen LogP contribution >= 0.6 is 0 Å². The Hall–Kier alpha value is -4.43. The number of hydrogen-bond acceptors (Lipinski definition) is 5. The molecule has 0 aromatic heterocycles. The number of carbonyl (C=O) groups is 1. The first-order valence-electron chi connectivity index (χ1n) is 11.7. The maximum atomic E-state index is 13.4. The summed E-state index contributed by atoms with van der Waals surface area (Å²) in [5.74, 6) is 0.0253. The Morgan fingerprint density at radius 2 is 1.57 bits per heavy atom. The molecular formula is C29H27N3O4S. The minimum absolute atomic E-state index is 0.0947. The first-order valence-corrected chi connectivity index (χ1v) is 13.1. The molecule has 0 aliphatic heterocycles. The van der Waals surface area contributed by atoms with Gasteiger partial charge in [-0.1, -0.05) is 72.8 Å². The van der Waals surface area contributed by atoms with E-state index < -0.39 is 22.5 Å². The zero-order valence-electron chi connectivity index (χ0n) is 20.3. The lowest BCUT2D eigenvalue weighted by molar-refractivity contribution is -0.119. The first-order chi connectivity index (χ1) is 17.9. The smallest absolute Gasteiger partial charge is 0.264 e. The molecule has 0 radical (unpaired) electrons. The number of benzene rings is 4. The van der Waals surface area contributed by atoms with Crippen molar-refractivity contribution < 1.29 is 17.9 Å². The van der Waals surface area contributed by atoms with E-state index in [9.17, 15) is 13.2 Å². The summed E-state index contributed by atoms with van der Waals surface area (Å²) in [4.78, 5) is 12.9. The van der Waals surface area contributed by atoms with Crippen molar-refractivity contribution in [1.29, 1.82) is 0 Å². The number of anilines is 1. The quantitative estimate of drug-likeness (QED) is 0.241. The van der Waals surface area contributed by atoms with Gasteiger partial charge in [0.2, 0.25) is 0 Å². The fraction of sp³-hybridized carbons (Fsp3) is 0.103. The van der Waals surface area contributed by atoms with Gasteiger partial charge in [0, 0.05) is 5.56 Å². The second-order valence-corrected chi connectivity index (χ2v) is 10.1. The molecule has 4 aromatic carbocycles. The summed E-state index contributed by atoms with van der Waals surface area (Å²) >= 11 is 0. The van der Waals surface area contributed by atoms with E-state index in [4.69, 9.17) is 4.74 Å². The number of hydrazone groups is 1. The van der Waals surface area contributed by atoms with E-state index in [0.29, 0.717) is 23.6 Å². The molecule has 0 aliphatic rings. The SMILES string of the molecule is Cc1cccc(N(CC(=O)N/N=C\c2ccccc2OCc2ccccc2)S(=O)(=O)c2ccccc2)c1. The zero-order valence-corrected chi connectivity index (χ0v) is 21.1. The van der Waals surface area contributed by atoms with Crippen molar-refractivity contribution in [2.75, 3.05) is 10.8 Å². The number of nitrogens with zero attached hydrogens (tertiary/aromatic N) is 2. The van der Waals surface area contributed by atoms with Gasteiger partial charge in [-0.2, -0.15) is 5.10 Å². The Kier molecular flexibility index (Phi) is 8.33. The van der Waals surface area contributed by atoms with Gasteiger partial charge < -0.3 is 4.74 Å². The number of rotatable bonds is 10. The Morgan fingerprint density at radius 1 is 0.892 bits per heavy atom. The van der Waals surface area contributed by atoms with Gasteiger partial charge >= 0.3 is 0 Å². The standard InChI is InChI=1S/C29H27N3O4S/c1-23-11-10-15-26(19-23)32(37(34,35)27-16-6-3-7-17-27)21-29(33)31-30-20-25-14-8-9-18-28(25)36-22-24-12-4-2-5-13-24/h2-20H,21-22H2,1H3,(H,31,33)/b30-20-. The molecule has 1 amide bonds. The van der Waals surface area contributed by atoms with Crippen molar-refractivity contribution in [3.8, 4) is 5.75 Å². The predicted octanol–water partition coefficient (Wildman–Crippen LogP) is 4.92. The number of hydrogen-bond donors (Lipinski definition) is 1. The maximum Gasteiger partial charge on any atom is 0.264 e. The molecule has 0 atom stereocenters. The number of nitrogens with one attached hydrogen (secondary N) is 1. The second-order valence-electron chi connectivity index (χ2n) is 8.27. The first kappa shape index (κ1) is 25.7. The van der Waals surface area contributed by atoms with Gasteiger partial charge in [0.1, 0.15) is 18.9 Å². The number of para-hydroxylation sites is 1. The van der Waals surface area contributed by atoms with Crippen molar-refractivity contribution in [3.63, 3.8) is 0 Å². The van der Waals surface area contributed by atoms with Crippen LogP contribution in [0.15, 0.2) is 119 Å². The van der Waals surface area contributed by atoms with Crippen LogP contribution in [-0.2, 0) is 21.4 Å². The van der Waals surface area contributed by atoms with Crippen LogP contribution in [-0.4, -0.2) is 27.1 Å². The number of ether oxygens (including phenoxy) is 1. The molecule has 0 bridgehead atoms. The van der Waals surface area contributed by atoms with Gasteiger partial charge in [-0.3, -0.25) is 9.10 Å². The summed E-state index contributed by atoms with van der Waals surface area (Å²) in [6.07, 6.45) is 1.47. The molecule has 8 heteroatoms. The normalized spacial score (nSPS) is 11.3. The molecule has 0 fully saturated rings. The molecule has 0 heterocycles. The number of aryl methyl sites for hydroxylation is 1. The van der Waals surface area contributed by atoms with E-state index in [2.05, 4.69) is 10.5 Å². The topological polar surface area (TPSA) is 88.1 Å². The zero-order chi connectivity index (χ0) is 26.1. The van der Waals surface area contributed by atoms with Crippen molar-refractivity contribution >= 4 is 27.8 Å². The van der Waals surface area contributed by atoms with Crippen LogP contribution in [0.1, 0.15) is 16.7 Å². The van der Waals surface area contributed by atoms with Crippen LogP contribution in [0, 0.1) is 6.92 Å². The Morgan fingerprint density at radius 3 is 2.30 bits per heavy atom. The van der Waals surface area contributed by atoms with Gasteiger partial charge in [-0.05, 0) is 54.4 Å². The highest BCUT2D eigenvalue weighted by molar-refractivity contribution is 7.92. The third kappa shape index (κ3) is 6.83. The molecule has 0 spiro atoms. The van der Waals surface area contributed by atoms with Gasteiger partial charge in [0.05, 0.1) is 16.8 Å². The van der Waals surface area contributed by atoms with E-state index >= 15 is 0 Å². The molecular weight excluding hydrogens is 486 g/mol. The van der Waals surface area contributed by atoms with Crippen LogP contribution in [0.3, 0.4) is 0 Å². The summed E-state index contributed by atoms with van der Waals surface area (Å²) in [6.45, 7) is 1.81. The molecule has 4 rings (SSSR count). The Bertz CT molecular complexity index is 1470. The molecule has 0 saturated carbocycles. The van der Waals surface area contributed by atoms with Crippen LogP contribution in [0.4, 0.5) is 5.69 Å². The van der Waals surface area contributed by atoms with Crippen LogP contribution in [0.25, 0.3) is 0 Å². The highest BCUT2D eigenvalue weighted by atomic mass is 32.2. The van der Waals surface area contributed by atoms with Crippen LogP contribution < -0.4 is 14.5 Å². The average Bonchev–Trinajstić information content (AvgIpc) is 2.92. The summed E-state index contributed by atoms with van der Waals surface area (Å²) in [5.41, 5.74) is 5.40. The average molecular weight is 514 g/mol. The Labute approximate surface area is 217 Å². The van der Waals surface area contributed by atoms with Crippen molar-refractivity contribution in [2.45, 2.75) is 18.4 Å². The second kappa shape index (κ2) is 12.0. The van der Waals surface area contributed by atoms with E-state index in [0.717, 1.165) is 15.4 Å². The summed E-state index contributed by atoms with van der Waals surface area (Å²) in [6, 6.07) is 32.1. The molecule has 0 saturated heterocycles. The van der Waals surface area contributed by atoms with Crippen molar-refractivity contribution in [1.82, 2.24) is 5.43 Å².